The van der Waals surface area contributed by atoms with Crippen LogP contribution in [0.15, 0.2) is 24.3 Å². The molecule has 0 bridgehead atoms. The van der Waals surface area contributed by atoms with Crippen molar-refractivity contribution >= 4 is 0 Å². The molecule has 0 fully saturated rings. The van der Waals surface area contributed by atoms with E-state index in [9.17, 15) is 4.39 Å². The number of rotatable bonds is 3. The molecule has 0 aromatic heterocycles. The second kappa shape index (κ2) is 4.40. The molecule has 72 valence electrons. The Morgan fingerprint density at radius 3 is 2.08 bits per heavy atom. The van der Waals surface area contributed by atoms with Crippen molar-refractivity contribution in [3.63, 3.8) is 0 Å². The van der Waals surface area contributed by atoms with Crippen LogP contribution >= 0.6 is 0 Å². The van der Waals surface area contributed by atoms with Crippen LogP contribution in [0.1, 0.15) is 38.7 Å². The minimum absolute atomic E-state index is 0.151. The van der Waals surface area contributed by atoms with E-state index in [4.69, 9.17) is 0 Å². The molecule has 0 aliphatic heterocycles. The Labute approximate surface area is 79.8 Å². The Hall–Kier alpha value is -0.850. The van der Waals surface area contributed by atoms with E-state index in [0.29, 0.717) is 11.8 Å². The fourth-order valence-corrected chi connectivity index (χ4v) is 1.80. The lowest BCUT2D eigenvalue weighted by atomic mass is 9.86. The molecule has 1 aromatic carbocycles. The lowest BCUT2D eigenvalue weighted by Crippen LogP contribution is -2.05. The smallest absolute Gasteiger partial charge is 0.123 e. The minimum Gasteiger partial charge on any atom is -0.207 e. The van der Waals surface area contributed by atoms with Gasteiger partial charge in [-0.1, -0.05) is 32.9 Å². The third kappa shape index (κ3) is 2.55. The van der Waals surface area contributed by atoms with Crippen LogP contribution in [0.4, 0.5) is 4.39 Å². The Morgan fingerprint density at radius 1 is 1.15 bits per heavy atom. The van der Waals surface area contributed by atoms with E-state index in [2.05, 4.69) is 20.8 Å². The second-order valence-corrected chi connectivity index (χ2v) is 3.81. The van der Waals surface area contributed by atoms with Gasteiger partial charge in [0.15, 0.2) is 0 Å². The van der Waals surface area contributed by atoms with Gasteiger partial charge in [0.05, 0.1) is 0 Å². The van der Waals surface area contributed by atoms with Gasteiger partial charge in [0.25, 0.3) is 0 Å². The molecule has 0 nitrogen and oxygen atoms in total. The van der Waals surface area contributed by atoms with Crippen molar-refractivity contribution in [1.29, 1.82) is 0 Å². The lowest BCUT2D eigenvalue weighted by molar-refractivity contribution is 0.484. The van der Waals surface area contributed by atoms with E-state index in [1.54, 1.807) is 12.1 Å². The Bertz CT molecular complexity index is 248. The molecule has 13 heavy (non-hydrogen) atoms. The lowest BCUT2D eigenvalue weighted by Gasteiger charge is -2.19. The summed E-state index contributed by atoms with van der Waals surface area (Å²) in [6.45, 7) is 6.59. The third-order valence-electron chi connectivity index (χ3n) is 2.54. The first kappa shape index (κ1) is 10.2. The molecule has 0 spiro atoms. The van der Waals surface area contributed by atoms with Crippen molar-refractivity contribution in [2.24, 2.45) is 5.92 Å². The molecule has 1 heteroatoms. The van der Waals surface area contributed by atoms with Crippen LogP contribution in [-0.4, -0.2) is 0 Å². The fraction of sp³-hybridized carbons (Fsp3) is 0.500. The average molecular weight is 180 g/mol. The first-order valence-electron chi connectivity index (χ1n) is 4.90. The zero-order valence-electron chi connectivity index (χ0n) is 8.55. The van der Waals surface area contributed by atoms with Crippen LogP contribution in [0.5, 0.6) is 0 Å². The highest BCUT2D eigenvalue weighted by atomic mass is 19.1. The molecule has 1 aromatic rings. The maximum Gasteiger partial charge on any atom is 0.123 e. The SMILES string of the molecule is CCC(c1ccc(F)cc1)C(C)C. The number of hydrogen-bond acceptors (Lipinski definition) is 0. The summed E-state index contributed by atoms with van der Waals surface area (Å²) in [6, 6.07) is 6.87. The highest BCUT2D eigenvalue weighted by Gasteiger charge is 2.12. The van der Waals surface area contributed by atoms with Gasteiger partial charge in [-0.05, 0) is 36.0 Å². The summed E-state index contributed by atoms with van der Waals surface area (Å²) in [6.07, 6.45) is 1.11. The molecule has 0 saturated carbocycles. The van der Waals surface area contributed by atoms with Crippen LogP contribution < -0.4 is 0 Å². The van der Waals surface area contributed by atoms with E-state index in [1.165, 1.54) is 5.56 Å². The van der Waals surface area contributed by atoms with Crippen LogP contribution in [0, 0.1) is 11.7 Å². The van der Waals surface area contributed by atoms with Gasteiger partial charge in [-0.25, -0.2) is 4.39 Å². The molecule has 0 aliphatic carbocycles. The van der Waals surface area contributed by atoms with Gasteiger partial charge in [0, 0.05) is 0 Å². The van der Waals surface area contributed by atoms with Gasteiger partial charge in [-0.2, -0.15) is 0 Å². The topological polar surface area (TPSA) is 0 Å². The van der Waals surface area contributed by atoms with Gasteiger partial charge in [0.1, 0.15) is 5.82 Å². The average Bonchev–Trinajstić information content (AvgIpc) is 2.09. The molecule has 0 radical (unpaired) electrons. The largest absolute Gasteiger partial charge is 0.207 e. The summed E-state index contributed by atoms with van der Waals surface area (Å²) >= 11 is 0. The van der Waals surface area contributed by atoms with E-state index in [0.717, 1.165) is 6.42 Å². The van der Waals surface area contributed by atoms with E-state index < -0.39 is 0 Å². The molecule has 0 aliphatic rings. The summed E-state index contributed by atoms with van der Waals surface area (Å²) in [4.78, 5) is 0. The van der Waals surface area contributed by atoms with Gasteiger partial charge >= 0.3 is 0 Å². The monoisotopic (exact) mass is 180 g/mol. The minimum atomic E-state index is -0.151. The van der Waals surface area contributed by atoms with Gasteiger partial charge in [-0.3, -0.25) is 0 Å². The van der Waals surface area contributed by atoms with Crippen LogP contribution in [0.3, 0.4) is 0 Å². The number of hydrogen-bond donors (Lipinski definition) is 0. The molecule has 1 atom stereocenters. The van der Waals surface area contributed by atoms with Crippen LogP contribution in [0.2, 0.25) is 0 Å². The molecule has 1 unspecified atom stereocenters. The fourth-order valence-electron chi connectivity index (χ4n) is 1.80. The van der Waals surface area contributed by atoms with E-state index >= 15 is 0 Å². The van der Waals surface area contributed by atoms with Crippen LogP contribution in [0.25, 0.3) is 0 Å². The normalized spacial score (nSPS) is 13.3. The maximum atomic E-state index is 12.7. The Balaban J connectivity index is 2.86. The predicted molar refractivity (Wildman–Crippen MR) is 54.3 cm³/mol. The van der Waals surface area contributed by atoms with E-state index in [1.807, 2.05) is 12.1 Å². The molecule has 0 heterocycles. The summed E-state index contributed by atoms with van der Waals surface area (Å²) in [5.41, 5.74) is 1.25. The summed E-state index contributed by atoms with van der Waals surface area (Å²) in [7, 11) is 0. The van der Waals surface area contributed by atoms with Gasteiger partial charge < -0.3 is 0 Å². The Kier molecular flexibility index (Phi) is 3.47. The second-order valence-electron chi connectivity index (χ2n) is 3.81. The summed E-state index contributed by atoms with van der Waals surface area (Å²) in [5, 5.41) is 0. The van der Waals surface area contributed by atoms with Crippen molar-refractivity contribution in [3.8, 4) is 0 Å². The highest BCUT2D eigenvalue weighted by Crippen LogP contribution is 2.27. The molecule has 1 rings (SSSR count). The third-order valence-corrected chi connectivity index (χ3v) is 2.54. The van der Waals surface area contributed by atoms with Crippen molar-refractivity contribution in [2.45, 2.75) is 33.1 Å². The molecule has 0 amide bonds. The Morgan fingerprint density at radius 2 is 1.69 bits per heavy atom. The molecule has 0 saturated heterocycles. The molecular weight excluding hydrogens is 163 g/mol. The molecule has 0 N–H and O–H groups in total. The van der Waals surface area contributed by atoms with E-state index in [-0.39, 0.29) is 5.82 Å². The zero-order chi connectivity index (χ0) is 9.84. The summed E-state index contributed by atoms with van der Waals surface area (Å²) in [5.74, 6) is 1.03. The first-order valence-corrected chi connectivity index (χ1v) is 4.90. The standard InChI is InChI=1S/C12H17F/c1-4-12(9(2)3)10-5-7-11(13)8-6-10/h5-9,12H,4H2,1-3H3. The van der Waals surface area contributed by atoms with Crippen molar-refractivity contribution in [2.75, 3.05) is 0 Å². The van der Waals surface area contributed by atoms with Gasteiger partial charge in [-0.15, -0.1) is 0 Å². The van der Waals surface area contributed by atoms with Crippen molar-refractivity contribution in [3.05, 3.63) is 35.6 Å². The molecular formula is C12H17F. The first-order chi connectivity index (χ1) is 6.15. The van der Waals surface area contributed by atoms with Gasteiger partial charge in [0.2, 0.25) is 0 Å². The number of halogens is 1. The highest BCUT2D eigenvalue weighted by molar-refractivity contribution is 5.20. The zero-order valence-corrected chi connectivity index (χ0v) is 8.55. The summed E-state index contributed by atoms with van der Waals surface area (Å²) < 4.78 is 12.7. The quantitative estimate of drug-likeness (QED) is 0.660. The predicted octanol–water partition coefficient (Wildman–Crippen LogP) is 3.98. The maximum absolute atomic E-state index is 12.7. The van der Waals surface area contributed by atoms with Crippen molar-refractivity contribution in [1.82, 2.24) is 0 Å². The number of benzene rings is 1. The van der Waals surface area contributed by atoms with Crippen molar-refractivity contribution < 1.29 is 4.39 Å². The van der Waals surface area contributed by atoms with Crippen LogP contribution in [-0.2, 0) is 0 Å².